The van der Waals surface area contributed by atoms with Crippen LogP contribution in [0.4, 0.5) is 18.9 Å². The molecular weight excluding hydrogens is 463 g/mol. The zero-order valence-corrected chi connectivity index (χ0v) is 17.8. The van der Waals surface area contributed by atoms with Crippen molar-refractivity contribution in [3.8, 4) is 0 Å². The number of rotatable bonds is 7. The minimum absolute atomic E-state index is 0.0668. The maximum atomic E-state index is 13.0. The van der Waals surface area contributed by atoms with Gasteiger partial charge in [0.2, 0.25) is 5.91 Å². The largest absolute Gasteiger partial charge is 0.418 e. The average molecular weight is 476 g/mol. The molecule has 0 aliphatic rings. The lowest BCUT2D eigenvalue weighted by Gasteiger charge is -2.13. The van der Waals surface area contributed by atoms with Gasteiger partial charge in [-0.25, -0.2) is 0 Å². The summed E-state index contributed by atoms with van der Waals surface area (Å²) in [4.78, 5) is 12.1. The Morgan fingerprint density at radius 1 is 1.03 bits per heavy atom. The fourth-order valence-electron chi connectivity index (χ4n) is 2.19. The summed E-state index contributed by atoms with van der Waals surface area (Å²) in [6.07, 6.45) is -4.54. The second-order valence-electron chi connectivity index (χ2n) is 5.63. The molecule has 0 fully saturated rings. The SMILES string of the molecule is O=C(CSc1nnc(SCc2ccc(Cl)cc2)s1)Nc1ccccc1C(F)(F)F. The third-order valence-electron chi connectivity index (χ3n) is 3.50. The Hall–Kier alpha value is -1.75. The van der Waals surface area contributed by atoms with E-state index in [2.05, 4.69) is 15.5 Å². The van der Waals surface area contributed by atoms with Crippen molar-refractivity contribution < 1.29 is 18.0 Å². The summed E-state index contributed by atoms with van der Waals surface area (Å²) in [5.41, 5.74) is -0.0521. The molecule has 11 heteroatoms. The lowest BCUT2D eigenvalue weighted by molar-refractivity contribution is -0.137. The highest BCUT2D eigenvalue weighted by atomic mass is 35.5. The van der Waals surface area contributed by atoms with E-state index in [0.29, 0.717) is 15.1 Å². The molecule has 2 aromatic carbocycles. The van der Waals surface area contributed by atoms with Gasteiger partial charge < -0.3 is 5.32 Å². The lowest BCUT2D eigenvalue weighted by atomic mass is 10.1. The van der Waals surface area contributed by atoms with E-state index in [-0.39, 0.29) is 11.4 Å². The van der Waals surface area contributed by atoms with Gasteiger partial charge in [0.25, 0.3) is 0 Å². The number of aromatic nitrogens is 2. The van der Waals surface area contributed by atoms with Crippen molar-refractivity contribution in [1.82, 2.24) is 10.2 Å². The van der Waals surface area contributed by atoms with Crippen molar-refractivity contribution >= 4 is 58.1 Å². The molecule has 0 aliphatic carbocycles. The number of nitrogens with one attached hydrogen (secondary N) is 1. The summed E-state index contributed by atoms with van der Waals surface area (Å²) >= 11 is 9.82. The van der Waals surface area contributed by atoms with E-state index < -0.39 is 17.6 Å². The second-order valence-corrected chi connectivity index (χ2v) is 9.49. The third kappa shape index (κ3) is 6.63. The summed E-state index contributed by atoms with van der Waals surface area (Å²) in [5.74, 6) is 0.0886. The topological polar surface area (TPSA) is 54.9 Å². The summed E-state index contributed by atoms with van der Waals surface area (Å²) in [5, 5.41) is 11.0. The van der Waals surface area contributed by atoms with Crippen molar-refractivity contribution in [2.45, 2.75) is 20.6 Å². The molecule has 1 amide bonds. The molecule has 0 unspecified atom stereocenters. The Balaban J connectivity index is 1.51. The normalized spacial score (nSPS) is 11.4. The predicted octanol–water partition coefficient (Wildman–Crippen LogP) is 6.23. The molecule has 4 nitrogen and oxygen atoms in total. The molecule has 0 saturated carbocycles. The first kappa shape index (κ1) is 21.9. The standard InChI is InChI=1S/C18H13ClF3N3OS3/c19-12-7-5-11(6-8-12)9-27-16-24-25-17(29-16)28-10-15(26)23-14-4-2-1-3-13(14)18(20,21)22/h1-8H,9-10H2,(H,23,26). The fraction of sp³-hybridized carbons (Fsp3) is 0.167. The van der Waals surface area contributed by atoms with Crippen LogP contribution in [0.15, 0.2) is 57.2 Å². The fourth-order valence-corrected chi connectivity index (χ4v) is 5.09. The van der Waals surface area contributed by atoms with Crippen LogP contribution in [0.5, 0.6) is 0 Å². The zero-order chi connectivity index (χ0) is 20.9. The molecule has 0 radical (unpaired) electrons. The maximum absolute atomic E-state index is 13.0. The van der Waals surface area contributed by atoms with E-state index in [1.54, 1.807) is 0 Å². The van der Waals surface area contributed by atoms with E-state index in [1.807, 2.05) is 24.3 Å². The van der Waals surface area contributed by atoms with Crippen LogP contribution in [-0.4, -0.2) is 21.9 Å². The van der Waals surface area contributed by atoms with Crippen molar-refractivity contribution in [2.75, 3.05) is 11.1 Å². The molecule has 1 N–H and O–H groups in total. The maximum Gasteiger partial charge on any atom is 0.418 e. The minimum Gasteiger partial charge on any atom is -0.325 e. The van der Waals surface area contributed by atoms with Crippen LogP contribution >= 0.6 is 46.5 Å². The van der Waals surface area contributed by atoms with Crippen LogP contribution in [0.2, 0.25) is 5.02 Å². The number of carbonyl (C=O) groups excluding carboxylic acids is 1. The Morgan fingerprint density at radius 2 is 1.69 bits per heavy atom. The molecule has 0 atom stereocenters. The summed E-state index contributed by atoms with van der Waals surface area (Å²) < 4.78 is 40.3. The van der Waals surface area contributed by atoms with Crippen LogP contribution in [0, 0.1) is 0 Å². The Bertz CT molecular complexity index is 980. The number of hydrogen-bond donors (Lipinski definition) is 1. The van der Waals surface area contributed by atoms with Gasteiger partial charge in [0.15, 0.2) is 8.68 Å². The van der Waals surface area contributed by atoms with Crippen molar-refractivity contribution in [2.24, 2.45) is 0 Å². The molecular formula is C18H13ClF3N3OS3. The van der Waals surface area contributed by atoms with Gasteiger partial charge in [0, 0.05) is 10.8 Å². The van der Waals surface area contributed by atoms with Gasteiger partial charge in [-0.1, -0.05) is 70.7 Å². The van der Waals surface area contributed by atoms with Crippen LogP contribution < -0.4 is 5.32 Å². The Kier molecular flexibility index (Phi) is 7.44. The highest BCUT2D eigenvalue weighted by molar-refractivity contribution is 8.03. The number of nitrogens with zero attached hydrogens (tertiary/aromatic N) is 2. The number of carbonyl (C=O) groups is 1. The minimum atomic E-state index is -4.54. The number of thioether (sulfide) groups is 2. The molecule has 0 saturated heterocycles. The second kappa shape index (κ2) is 9.84. The van der Waals surface area contributed by atoms with Crippen LogP contribution in [0.3, 0.4) is 0 Å². The monoisotopic (exact) mass is 475 g/mol. The lowest BCUT2D eigenvalue weighted by Crippen LogP contribution is -2.18. The first-order valence-corrected chi connectivity index (χ1v) is 11.3. The quantitative estimate of drug-likeness (QED) is 0.410. The van der Waals surface area contributed by atoms with Crippen molar-refractivity contribution in [3.63, 3.8) is 0 Å². The number of amides is 1. The molecule has 0 spiro atoms. The predicted molar refractivity (Wildman–Crippen MR) is 112 cm³/mol. The van der Waals surface area contributed by atoms with E-state index in [4.69, 9.17) is 11.6 Å². The van der Waals surface area contributed by atoms with Gasteiger partial charge in [-0.15, -0.1) is 10.2 Å². The highest BCUT2D eigenvalue weighted by Crippen LogP contribution is 2.35. The van der Waals surface area contributed by atoms with Gasteiger partial charge in [0.1, 0.15) is 0 Å². The van der Waals surface area contributed by atoms with Gasteiger partial charge in [-0.05, 0) is 29.8 Å². The van der Waals surface area contributed by atoms with Crippen molar-refractivity contribution in [1.29, 1.82) is 0 Å². The van der Waals surface area contributed by atoms with E-state index in [9.17, 15) is 18.0 Å². The first-order chi connectivity index (χ1) is 13.8. The number of halogens is 4. The number of para-hydroxylation sites is 1. The molecule has 0 aliphatic heterocycles. The summed E-state index contributed by atoms with van der Waals surface area (Å²) in [6, 6.07) is 12.3. The highest BCUT2D eigenvalue weighted by Gasteiger charge is 2.33. The number of anilines is 1. The molecule has 0 bridgehead atoms. The van der Waals surface area contributed by atoms with Gasteiger partial charge in [-0.3, -0.25) is 4.79 Å². The zero-order valence-electron chi connectivity index (χ0n) is 14.6. The smallest absolute Gasteiger partial charge is 0.325 e. The summed E-state index contributed by atoms with van der Waals surface area (Å²) in [7, 11) is 0. The number of benzene rings is 2. The average Bonchev–Trinajstić information content (AvgIpc) is 3.13. The van der Waals surface area contributed by atoms with E-state index in [0.717, 1.165) is 27.7 Å². The third-order valence-corrected chi connectivity index (χ3v) is 7.01. The summed E-state index contributed by atoms with van der Waals surface area (Å²) in [6.45, 7) is 0. The van der Waals surface area contributed by atoms with Gasteiger partial charge >= 0.3 is 6.18 Å². The number of alkyl halides is 3. The van der Waals surface area contributed by atoms with E-state index >= 15 is 0 Å². The van der Waals surface area contributed by atoms with Crippen LogP contribution in [0.1, 0.15) is 11.1 Å². The van der Waals surface area contributed by atoms with E-state index in [1.165, 1.54) is 41.3 Å². The molecule has 3 aromatic rings. The van der Waals surface area contributed by atoms with Crippen LogP contribution in [-0.2, 0) is 16.7 Å². The Morgan fingerprint density at radius 3 is 2.38 bits per heavy atom. The molecule has 152 valence electrons. The molecule has 3 rings (SSSR count). The van der Waals surface area contributed by atoms with Crippen LogP contribution in [0.25, 0.3) is 0 Å². The van der Waals surface area contributed by atoms with Gasteiger partial charge in [0.05, 0.1) is 17.0 Å². The first-order valence-electron chi connectivity index (χ1n) is 8.11. The number of hydrogen-bond acceptors (Lipinski definition) is 6. The van der Waals surface area contributed by atoms with Gasteiger partial charge in [-0.2, -0.15) is 13.2 Å². The molecule has 1 aromatic heterocycles. The Labute approximate surface area is 182 Å². The molecule has 1 heterocycles. The van der Waals surface area contributed by atoms with Crippen molar-refractivity contribution in [3.05, 3.63) is 64.7 Å². The molecule has 29 heavy (non-hydrogen) atoms.